The van der Waals surface area contributed by atoms with E-state index in [4.69, 9.17) is 0 Å². The van der Waals surface area contributed by atoms with E-state index in [2.05, 4.69) is 15.6 Å². The standard InChI is InChI=1S/C18H16N4O3/c23-17-8-4-7-16(22(17)25)18(24)20-11-14-9-10-15(12-19-14)21-13-5-2-1-3-6-13/h1-10,12,21,25H,11H2,(H,20,24). The number of nitrogens with zero attached hydrogens (tertiary/aromatic N) is 2. The van der Waals surface area contributed by atoms with Gasteiger partial charge in [-0.15, -0.1) is 4.73 Å². The van der Waals surface area contributed by atoms with Gasteiger partial charge in [0, 0.05) is 11.8 Å². The van der Waals surface area contributed by atoms with E-state index in [1.165, 1.54) is 12.1 Å². The molecular formula is C18H16N4O3. The monoisotopic (exact) mass is 336 g/mol. The SMILES string of the molecule is O=C(NCc1ccc(Nc2ccccc2)cn1)c1cccc(=O)n1O. The molecule has 1 aromatic carbocycles. The number of pyridine rings is 2. The Morgan fingerprint density at radius 1 is 1.00 bits per heavy atom. The Labute approximate surface area is 143 Å². The molecule has 0 saturated heterocycles. The summed E-state index contributed by atoms with van der Waals surface area (Å²) < 4.78 is 0.315. The molecule has 2 aromatic heterocycles. The van der Waals surface area contributed by atoms with E-state index >= 15 is 0 Å². The molecule has 7 heteroatoms. The summed E-state index contributed by atoms with van der Waals surface area (Å²) in [6, 6.07) is 17.3. The molecule has 0 fully saturated rings. The molecule has 126 valence electrons. The molecule has 2 heterocycles. The highest BCUT2D eigenvalue weighted by Crippen LogP contribution is 2.14. The normalized spacial score (nSPS) is 10.2. The lowest BCUT2D eigenvalue weighted by molar-refractivity contribution is 0.0888. The van der Waals surface area contributed by atoms with Crippen LogP contribution in [0.15, 0.2) is 71.7 Å². The molecule has 0 aliphatic rings. The van der Waals surface area contributed by atoms with Crippen LogP contribution in [0.3, 0.4) is 0 Å². The lowest BCUT2D eigenvalue weighted by Gasteiger charge is -2.09. The van der Waals surface area contributed by atoms with Crippen LogP contribution in [0.1, 0.15) is 16.2 Å². The van der Waals surface area contributed by atoms with Crippen molar-refractivity contribution in [3.63, 3.8) is 0 Å². The number of anilines is 2. The highest BCUT2D eigenvalue weighted by atomic mass is 16.5. The molecule has 0 unspecified atom stereocenters. The minimum atomic E-state index is -0.665. The van der Waals surface area contributed by atoms with Gasteiger partial charge in [0.15, 0.2) is 0 Å². The first kappa shape index (κ1) is 16.3. The summed E-state index contributed by atoms with van der Waals surface area (Å²) in [5.41, 5.74) is 1.63. The lowest BCUT2D eigenvalue weighted by atomic mass is 10.3. The van der Waals surface area contributed by atoms with E-state index in [-0.39, 0.29) is 12.2 Å². The van der Waals surface area contributed by atoms with Crippen LogP contribution in [0.25, 0.3) is 0 Å². The number of aromatic nitrogens is 2. The van der Waals surface area contributed by atoms with Gasteiger partial charge in [-0.3, -0.25) is 14.6 Å². The van der Waals surface area contributed by atoms with Crippen molar-refractivity contribution in [1.29, 1.82) is 0 Å². The molecule has 1 amide bonds. The van der Waals surface area contributed by atoms with Gasteiger partial charge in [-0.05, 0) is 30.3 Å². The quantitative estimate of drug-likeness (QED) is 0.621. The predicted molar refractivity (Wildman–Crippen MR) is 93.0 cm³/mol. The molecule has 7 nitrogen and oxygen atoms in total. The van der Waals surface area contributed by atoms with Crippen LogP contribution in [0.2, 0.25) is 0 Å². The highest BCUT2D eigenvalue weighted by molar-refractivity contribution is 5.92. The zero-order valence-electron chi connectivity index (χ0n) is 13.2. The van der Waals surface area contributed by atoms with Gasteiger partial charge in [0.05, 0.1) is 24.1 Å². The van der Waals surface area contributed by atoms with Crippen LogP contribution in [0.5, 0.6) is 0 Å². The van der Waals surface area contributed by atoms with Gasteiger partial charge in [-0.2, -0.15) is 0 Å². The fourth-order valence-corrected chi connectivity index (χ4v) is 2.21. The van der Waals surface area contributed by atoms with Gasteiger partial charge in [0.1, 0.15) is 5.69 Å². The second-order valence-corrected chi connectivity index (χ2v) is 5.27. The summed E-state index contributed by atoms with van der Waals surface area (Å²) in [7, 11) is 0. The summed E-state index contributed by atoms with van der Waals surface area (Å²) >= 11 is 0. The molecule has 0 aliphatic carbocycles. The fraction of sp³-hybridized carbons (Fsp3) is 0.0556. The lowest BCUT2D eigenvalue weighted by Crippen LogP contribution is -2.30. The number of nitrogens with one attached hydrogen (secondary N) is 2. The third-order valence-corrected chi connectivity index (χ3v) is 3.48. The van der Waals surface area contributed by atoms with Gasteiger partial charge in [0.25, 0.3) is 11.5 Å². The number of carbonyl (C=O) groups excluding carboxylic acids is 1. The third kappa shape index (κ3) is 4.03. The number of benzene rings is 1. The smallest absolute Gasteiger partial charge is 0.283 e. The largest absolute Gasteiger partial charge is 0.425 e. The third-order valence-electron chi connectivity index (χ3n) is 3.48. The van der Waals surface area contributed by atoms with Crippen LogP contribution in [-0.2, 0) is 6.54 Å². The fourth-order valence-electron chi connectivity index (χ4n) is 2.21. The van der Waals surface area contributed by atoms with E-state index in [1.54, 1.807) is 12.3 Å². The van der Waals surface area contributed by atoms with E-state index < -0.39 is 11.5 Å². The van der Waals surface area contributed by atoms with Crippen molar-refractivity contribution in [3.8, 4) is 0 Å². The Hall–Kier alpha value is -3.61. The minimum Gasteiger partial charge on any atom is -0.425 e. The topological polar surface area (TPSA) is 96.3 Å². The van der Waals surface area contributed by atoms with Crippen molar-refractivity contribution < 1.29 is 10.0 Å². The zero-order chi connectivity index (χ0) is 17.6. The number of rotatable bonds is 5. The van der Waals surface area contributed by atoms with Crippen LogP contribution in [0.4, 0.5) is 11.4 Å². The Morgan fingerprint density at radius 2 is 1.80 bits per heavy atom. The molecule has 0 bridgehead atoms. The number of hydrogen-bond donors (Lipinski definition) is 3. The van der Waals surface area contributed by atoms with E-state index in [0.29, 0.717) is 10.4 Å². The summed E-state index contributed by atoms with van der Waals surface area (Å²) in [5, 5.41) is 15.4. The van der Waals surface area contributed by atoms with Gasteiger partial charge in [0.2, 0.25) is 0 Å². The van der Waals surface area contributed by atoms with Gasteiger partial charge >= 0.3 is 0 Å². The van der Waals surface area contributed by atoms with Crippen molar-refractivity contribution in [3.05, 3.63) is 88.6 Å². The van der Waals surface area contributed by atoms with E-state index in [9.17, 15) is 14.8 Å². The van der Waals surface area contributed by atoms with Crippen molar-refractivity contribution in [2.45, 2.75) is 6.54 Å². The van der Waals surface area contributed by atoms with Crippen LogP contribution in [-0.4, -0.2) is 20.8 Å². The molecule has 3 N–H and O–H groups in total. The maximum absolute atomic E-state index is 12.0. The van der Waals surface area contributed by atoms with Gasteiger partial charge in [-0.25, -0.2) is 0 Å². The first-order chi connectivity index (χ1) is 12.1. The molecule has 0 atom stereocenters. The molecular weight excluding hydrogens is 320 g/mol. The Morgan fingerprint density at radius 3 is 2.52 bits per heavy atom. The number of hydrogen-bond acceptors (Lipinski definition) is 5. The van der Waals surface area contributed by atoms with E-state index in [0.717, 1.165) is 17.4 Å². The Bertz CT molecular complexity index is 921. The average molecular weight is 336 g/mol. The zero-order valence-corrected chi connectivity index (χ0v) is 13.2. The summed E-state index contributed by atoms with van der Waals surface area (Å²) in [6.45, 7) is 0.174. The average Bonchev–Trinajstić information content (AvgIpc) is 2.64. The first-order valence-electron chi connectivity index (χ1n) is 7.60. The summed E-state index contributed by atoms with van der Waals surface area (Å²) in [6.07, 6.45) is 1.67. The molecule has 0 radical (unpaired) electrons. The van der Waals surface area contributed by atoms with Gasteiger partial charge in [-0.1, -0.05) is 24.3 Å². The maximum atomic E-state index is 12.0. The summed E-state index contributed by atoms with van der Waals surface area (Å²) in [5.74, 6) is -0.562. The molecule has 0 spiro atoms. The Balaban J connectivity index is 1.61. The molecule has 3 rings (SSSR count). The highest BCUT2D eigenvalue weighted by Gasteiger charge is 2.11. The van der Waals surface area contributed by atoms with Crippen molar-refractivity contribution in [2.24, 2.45) is 0 Å². The van der Waals surface area contributed by atoms with Crippen molar-refractivity contribution >= 4 is 17.3 Å². The number of para-hydroxylation sites is 1. The van der Waals surface area contributed by atoms with Crippen LogP contribution < -0.4 is 16.2 Å². The predicted octanol–water partition coefficient (Wildman–Crippen LogP) is 2.15. The molecule has 3 aromatic rings. The number of carbonyl (C=O) groups is 1. The van der Waals surface area contributed by atoms with E-state index in [1.807, 2.05) is 36.4 Å². The maximum Gasteiger partial charge on any atom is 0.283 e. The Kier molecular flexibility index (Phi) is 4.75. The second-order valence-electron chi connectivity index (χ2n) is 5.27. The summed E-state index contributed by atoms with van der Waals surface area (Å²) in [4.78, 5) is 27.6. The van der Waals surface area contributed by atoms with Gasteiger partial charge < -0.3 is 15.8 Å². The molecule has 0 aliphatic heterocycles. The van der Waals surface area contributed by atoms with Crippen molar-refractivity contribution in [2.75, 3.05) is 5.32 Å². The second kappa shape index (κ2) is 7.31. The van der Waals surface area contributed by atoms with Crippen LogP contribution >= 0.6 is 0 Å². The minimum absolute atomic E-state index is 0.130. The molecule has 25 heavy (non-hydrogen) atoms. The van der Waals surface area contributed by atoms with Crippen LogP contribution in [0, 0.1) is 0 Å². The van der Waals surface area contributed by atoms with Crippen molar-refractivity contribution in [1.82, 2.24) is 15.0 Å². The first-order valence-corrected chi connectivity index (χ1v) is 7.60. The molecule has 0 saturated carbocycles. The number of amides is 1.